The predicted molar refractivity (Wildman–Crippen MR) is 111 cm³/mol. The summed E-state index contributed by atoms with van der Waals surface area (Å²) in [7, 11) is 0. The van der Waals surface area contributed by atoms with E-state index < -0.39 is 5.82 Å². The average molecular weight is 371 g/mol. The summed E-state index contributed by atoms with van der Waals surface area (Å²) in [6.45, 7) is 5.24. The van der Waals surface area contributed by atoms with Crippen molar-refractivity contribution in [3.8, 4) is 16.9 Å². The van der Waals surface area contributed by atoms with Gasteiger partial charge >= 0.3 is 0 Å². The minimum atomic E-state index is -0.597. The third-order valence-corrected chi connectivity index (χ3v) is 4.63. The van der Waals surface area contributed by atoms with Gasteiger partial charge in [0.1, 0.15) is 0 Å². The first-order valence-corrected chi connectivity index (χ1v) is 9.97. The maximum Gasteiger partial charge on any atom is 0.165 e. The Morgan fingerprint density at radius 1 is 1.04 bits per heavy atom. The molecule has 1 atom stereocenters. The predicted octanol–water partition coefficient (Wildman–Crippen LogP) is 6.98. The summed E-state index contributed by atoms with van der Waals surface area (Å²) in [6, 6.07) is 12.4. The fourth-order valence-electron chi connectivity index (χ4n) is 2.94. The fraction of sp³-hybridized carbons (Fsp3) is 0.417. The first kappa shape index (κ1) is 21.2. The van der Waals surface area contributed by atoms with E-state index in [2.05, 4.69) is 26.0 Å². The molecule has 2 aromatic carbocycles. The summed E-state index contributed by atoms with van der Waals surface area (Å²) < 4.78 is 19.3. The Morgan fingerprint density at radius 3 is 2.48 bits per heavy atom. The normalized spacial score (nSPS) is 12.6. The molecule has 27 heavy (non-hydrogen) atoms. The second-order valence-electron chi connectivity index (χ2n) is 7.01. The Balaban J connectivity index is 1.73. The van der Waals surface area contributed by atoms with Gasteiger partial charge in [0.25, 0.3) is 0 Å². The number of allylic oxidation sites excluding steroid dienone is 1. The quantitative estimate of drug-likeness (QED) is 0.432. The van der Waals surface area contributed by atoms with Crippen molar-refractivity contribution < 1.29 is 14.2 Å². The molecule has 1 unspecified atom stereocenters. The third kappa shape index (κ3) is 7.56. The molecule has 0 aliphatic carbocycles. The van der Waals surface area contributed by atoms with Gasteiger partial charge in [-0.15, -0.1) is 0 Å². The van der Waals surface area contributed by atoms with E-state index in [0.29, 0.717) is 6.10 Å². The van der Waals surface area contributed by atoms with E-state index in [1.807, 2.05) is 24.3 Å². The zero-order valence-corrected chi connectivity index (χ0v) is 16.5. The zero-order valence-electron chi connectivity index (χ0n) is 16.5. The molecule has 0 saturated carbocycles. The fourth-order valence-corrected chi connectivity index (χ4v) is 2.94. The van der Waals surface area contributed by atoms with Crippen LogP contribution >= 0.6 is 0 Å². The number of halogens is 1. The molecule has 2 nitrogen and oxygen atoms in total. The highest BCUT2D eigenvalue weighted by atomic mass is 19.1. The van der Waals surface area contributed by atoms with Crippen molar-refractivity contribution in [3.63, 3.8) is 0 Å². The molecular formula is C24H31FO2. The number of rotatable bonds is 11. The molecule has 0 bridgehead atoms. The van der Waals surface area contributed by atoms with Gasteiger partial charge in [0.05, 0.1) is 6.10 Å². The molecule has 3 heteroatoms. The molecule has 0 aliphatic rings. The van der Waals surface area contributed by atoms with Crippen molar-refractivity contribution in [2.75, 3.05) is 6.61 Å². The van der Waals surface area contributed by atoms with Gasteiger partial charge < -0.3 is 9.84 Å². The minimum Gasteiger partial charge on any atom is -0.505 e. The maximum atomic E-state index is 13.5. The van der Waals surface area contributed by atoms with Gasteiger partial charge in [-0.1, -0.05) is 62.2 Å². The van der Waals surface area contributed by atoms with E-state index in [1.54, 1.807) is 6.07 Å². The molecular weight excluding hydrogens is 339 g/mol. The highest BCUT2D eigenvalue weighted by Crippen LogP contribution is 2.25. The van der Waals surface area contributed by atoms with Crippen LogP contribution in [0.3, 0.4) is 0 Å². The van der Waals surface area contributed by atoms with Crippen LogP contribution in [0.15, 0.2) is 48.5 Å². The maximum absolute atomic E-state index is 13.5. The van der Waals surface area contributed by atoms with E-state index in [4.69, 9.17) is 4.74 Å². The highest BCUT2D eigenvalue weighted by Gasteiger charge is 2.04. The lowest BCUT2D eigenvalue weighted by molar-refractivity contribution is 0.0566. The van der Waals surface area contributed by atoms with E-state index in [1.165, 1.54) is 25.0 Å². The van der Waals surface area contributed by atoms with E-state index >= 15 is 0 Å². The molecule has 0 spiro atoms. The number of phenolic OH excluding ortho intramolecular Hbond substituents is 1. The second-order valence-corrected chi connectivity index (χ2v) is 7.01. The van der Waals surface area contributed by atoms with Crippen LogP contribution < -0.4 is 0 Å². The van der Waals surface area contributed by atoms with Crippen LogP contribution in [0.2, 0.25) is 0 Å². The van der Waals surface area contributed by atoms with Gasteiger partial charge in [-0.3, -0.25) is 0 Å². The highest BCUT2D eigenvalue weighted by molar-refractivity contribution is 5.66. The Morgan fingerprint density at radius 2 is 1.78 bits per heavy atom. The Kier molecular flexibility index (Phi) is 9.06. The van der Waals surface area contributed by atoms with Crippen molar-refractivity contribution in [1.29, 1.82) is 0 Å². The summed E-state index contributed by atoms with van der Waals surface area (Å²) in [5.74, 6) is -0.918. The SMILES string of the molecule is CCCCCOC(C)CCCC=Cc1ccc(-c2ccc(O)c(F)c2)cc1. The Labute approximate surface area is 162 Å². The standard InChI is InChI=1S/C24H31FO2/c1-3-4-8-17-27-19(2)9-6-5-7-10-20-11-13-21(14-12-20)22-15-16-24(26)23(25)18-22/h7,10-16,18-19,26H,3-6,8-9,17H2,1-2H3. The summed E-state index contributed by atoms with van der Waals surface area (Å²) in [6.07, 6.45) is 11.5. The molecule has 0 aliphatic heterocycles. The molecule has 0 fully saturated rings. The van der Waals surface area contributed by atoms with Crippen LogP contribution in [0.5, 0.6) is 5.75 Å². The van der Waals surface area contributed by atoms with E-state index in [9.17, 15) is 9.50 Å². The molecule has 0 heterocycles. The Hall–Kier alpha value is -2.13. The van der Waals surface area contributed by atoms with Crippen LogP contribution in [0.25, 0.3) is 17.2 Å². The third-order valence-electron chi connectivity index (χ3n) is 4.63. The second kappa shape index (κ2) is 11.6. The van der Waals surface area contributed by atoms with Gasteiger partial charge in [0.15, 0.2) is 11.6 Å². The summed E-state index contributed by atoms with van der Waals surface area (Å²) in [5.41, 5.74) is 2.82. The molecule has 146 valence electrons. The van der Waals surface area contributed by atoms with Gasteiger partial charge in [0.2, 0.25) is 0 Å². The summed E-state index contributed by atoms with van der Waals surface area (Å²) in [5, 5.41) is 9.28. The first-order chi connectivity index (χ1) is 13.1. The Bertz CT molecular complexity index is 707. The topological polar surface area (TPSA) is 29.5 Å². The van der Waals surface area contributed by atoms with Crippen molar-refractivity contribution >= 4 is 6.08 Å². The number of hydrogen-bond acceptors (Lipinski definition) is 2. The largest absolute Gasteiger partial charge is 0.505 e. The molecule has 1 N–H and O–H groups in total. The average Bonchev–Trinajstić information content (AvgIpc) is 2.68. The molecule has 2 rings (SSSR count). The number of ether oxygens (including phenoxy) is 1. The number of phenols is 1. The van der Waals surface area contributed by atoms with Crippen LogP contribution in [0, 0.1) is 5.82 Å². The molecule has 0 saturated heterocycles. The lowest BCUT2D eigenvalue weighted by Gasteiger charge is -2.12. The van der Waals surface area contributed by atoms with Crippen LogP contribution in [0.1, 0.15) is 57.9 Å². The first-order valence-electron chi connectivity index (χ1n) is 9.97. The van der Waals surface area contributed by atoms with Crippen molar-refractivity contribution in [3.05, 3.63) is 59.9 Å². The number of hydrogen-bond donors (Lipinski definition) is 1. The molecule has 0 radical (unpaired) electrons. The van der Waals surface area contributed by atoms with E-state index in [0.717, 1.165) is 49.0 Å². The molecule has 2 aromatic rings. The van der Waals surface area contributed by atoms with E-state index in [-0.39, 0.29) is 5.75 Å². The van der Waals surface area contributed by atoms with Crippen molar-refractivity contribution in [2.24, 2.45) is 0 Å². The zero-order chi connectivity index (χ0) is 19.5. The molecule has 0 aromatic heterocycles. The molecule has 0 amide bonds. The van der Waals surface area contributed by atoms with Crippen LogP contribution in [-0.2, 0) is 4.74 Å². The van der Waals surface area contributed by atoms with Gasteiger partial charge in [0, 0.05) is 6.61 Å². The number of benzene rings is 2. The lowest BCUT2D eigenvalue weighted by Crippen LogP contribution is -2.08. The lowest BCUT2D eigenvalue weighted by atomic mass is 10.0. The van der Waals surface area contributed by atoms with Gasteiger partial charge in [-0.25, -0.2) is 4.39 Å². The van der Waals surface area contributed by atoms with Gasteiger partial charge in [-0.05, 0) is 61.4 Å². The summed E-state index contributed by atoms with van der Waals surface area (Å²) in [4.78, 5) is 0. The van der Waals surface area contributed by atoms with Crippen molar-refractivity contribution in [1.82, 2.24) is 0 Å². The monoisotopic (exact) mass is 370 g/mol. The number of aromatic hydroxyl groups is 1. The minimum absolute atomic E-state index is 0.320. The van der Waals surface area contributed by atoms with Crippen LogP contribution in [0.4, 0.5) is 4.39 Å². The summed E-state index contributed by atoms with van der Waals surface area (Å²) >= 11 is 0. The van der Waals surface area contributed by atoms with Crippen molar-refractivity contribution in [2.45, 2.75) is 58.5 Å². The van der Waals surface area contributed by atoms with Crippen LogP contribution in [-0.4, -0.2) is 17.8 Å². The van der Waals surface area contributed by atoms with Gasteiger partial charge in [-0.2, -0.15) is 0 Å². The smallest absolute Gasteiger partial charge is 0.165 e. The number of unbranched alkanes of at least 4 members (excludes halogenated alkanes) is 3.